The smallest absolute Gasteiger partial charge is 0.244 e. The van der Waals surface area contributed by atoms with Crippen molar-refractivity contribution < 1.29 is 0 Å². The summed E-state index contributed by atoms with van der Waals surface area (Å²) in [4.78, 5) is 12.6. The Morgan fingerprint density at radius 1 is 0.909 bits per heavy atom. The van der Waals surface area contributed by atoms with Gasteiger partial charge in [0.15, 0.2) is 5.82 Å². The normalized spacial score (nSPS) is 10.2. The first-order chi connectivity index (χ1) is 10.9. The lowest BCUT2D eigenvalue weighted by Crippen LogP contribution is -2.08. The van der Waals surface area contributed by atoms with Gasteiger partial charge >= 0.3 is 0 Å². The van der Waals surface area contributed by atoms with Gasteiger partial charge in [-0.25, -0.2) is 0 Å². The third-order valence-corrected chi connectivity index (χ3v) is 2.94. The number of rotatable bonds is 6. The Kier molecular flexibility index (Phi) is 4.46. The summed E-state index contributed by atoms with van der Waals surface area (Å²) >= 11 is 0. The SMILES string of the molecule is c1ccc(CNc2cnnc(NCc3ccncc3)n2)nc1. The fraction of sp³-hybridized carbons (Fsp3) is 0.133. The molecule has 0 saturated carbocycles. The maximum atomic E-state index is 4.36. The van der Waals surface area contributed by atoms with Crippen molar-refractivity contribution in [2.75, 3.05) is 10.6 Å². The van der Waals surface area contributed by atoms with Crippen LogP contribution < -0.4 is 10.6 Å². The van der Waals surface area contributed by atoms with Crippen molar-refractivity contribution in [3.05, 3.63) is 66.4 Å². The highest BCUT2D eigenvalue weighted by Gasteiger charge is 2.01. The largest absolute Gasteiger partial charge is 0.363 e. The van der Waals surface area contributed by atoms with Gasteiger partial charge in [-0.1, -0.05) is 6.07 Å². The number of nitrogens with zero attached hydrogens (tertiary/aromatic N) is 5. The zero-order valence-corrected chi connectivity index (χ0v) is 11.8. The molecule has 0 aliphatic rings. The fourth-order valence-electron chi connectivity index (χ4n) is 1.83. The number of hydrogen-bond acceptors (Lipinski definition) is 7. The lowest BCUT2D eigenvalue weighted by Gasteiger charge is -2.07. The van der Waals surface area contributed by atoms with Gasteiger partial charge in [0.2, 0.25) is 5.95 Å². The van der Waals surface area contributed by atoms with E-state index in [1.165, 1.54) is 0 Å². The third kappa shape index (κ3) is 3.95. The zero-order valence-electron chi connectivity index (χ0n) is 11.8. The van der Waals surface area contributed by atoms with Crippen LogP contribution in [0.5, 0.6) is 0 Å². The molecule has 3 rings (SSSR count). The predicted octanol–water partition coefficient (Wildman–Crippen LogP) is 1.89. The van der Waals surface area contributed by atoms with E-state index >= 15 is 0 Å². The van der Waals surface area contributed by atoms with Crippen LogP contribution in [0.2, 0.25) is 0 Å². The Labute approximate surface area is 127 Å². The third-order valence-electron chi connectivity index (χ3n) is 2.94. The van der Waals surface area contributed by atoms with Gasteiger partial charge in [-0.2, -0.15) is 10.1 Å². The van der Waals surface area contributed by atoms with Crippen LogP contribution in [0.25, 0.3) is 0 Å². The number of anilines is 2. The van der Waals surface area contributed by atoms with Crippen molar-refractivity contribution in [2.24, 2.45) is 0 Å². The van der Waals surface area contributed by atoms with Gasteiger partial charge < -0.3 is 10.6 Å². The Morgan fingerprint density at radius 3 is 2.64 bits per heavy atom. The monoisotopic (exact) mass is 293 g/mol. The van der Waals surface area contributed by atoms with Gasteiger partial charge in [0, 0.05) is 25.1 Å². The minimum absolute atomic E-state index is 0.475. The molecule has 3 aromatic rings. The first-order valence-electron chi connectivity index (χ1n) is 6.86. The van der Waals surface area contributed by atoms with Crippen LogP contribution in [0, 0.1) is 0 Å². The van der Waals surface area contributed by atoms with Gasteiger partial charge in [-0.05, 0) is 29.8 Å². The molecule has 110 valence electrons. The standard InChI is InChI=1S/C15H15N7/c1-2-6-17-13(3-1)10-18-14-11-20-22-15(21-14)19-9-12-4-7-16-8-5-12/h1-8,11H,9-10H2,(H2,18,19,21,22). The van der Waals surface area contributed by atoms with E-state index in [0.717, 1.165) is 11.3 Å². The van der Waals surface area contributed by atoms with Gasteiger partial charge in [-0.3, -0.25) is 9.97 Å². The van der Waals surface area contributed by atoms with Crippen molar-refractivity contribution in [1.82, 2.24) is 25.1 Å². The summed E-state index contributed by atoms with van der Waals surface area (Å²) in [5.41, 5.74) is 2.04. The molecule has 0 aromatic carbocycles. The van der Waals surface area contributed by atoms with Crippen LogP contribution >= 0.6 is 0 Å². The average molecular weight is 293 g/mol. The van der Waals surface area contributed by atoms with Crippen molar-refractivity contribution in [3.8, 4) is 0 Å². The second-order valence-corrected chi connectivity index (χ2v) is 4.55. The lowest BCUT2D eigenvalue weighted by molar-refractivity contribution is 0.931. The molecule has 2 N–H and O–H groups in total. The summed E-state index contributed by atoms with van der Waals surface area (Å²) in [6, 6.07) is 9.65. The van der Waals surface area contributed by atoms with Crippen LogP contribution in [0.15, 0.2) is 55.1 Å². The number of nitrogens with one attached hydrogen (secondary N) is 2. The van der Waals surface area contributed by atoms with E-state index < -0.39 is 0 Å². The number of hydrogen-bond donors (Lipinski definition) is 2. The summed E-state index contributed by atoms with van der Waals surface area (Å²) in [6.45, 7) is 1.21. The fourth-order valence-corrected chi connectivity index (χ4v) is 1.83. The molecule has 3 aromatic heterocycles. The van der Waals surface area contributed by atoms with E-state index in [2.05, 4.69) is 35.8 Å². The van der Waals surface area contributed by atoms with Crippen LogP contribution in [0.1, 0.15) is 11.3 Å². The number of pyridine rings is 2. The molecule has 7 nitrogen and oxygen atoms in total. The van der Waals surface area contributed by atoms with Crippen LogP contribution in [0.4, 0.5) is 11.8 Å². The molecule has 0 bridgehead atoms. The molecule has 0 unspecified atom stereocenters. The minimum Gasteiger partial charge on any atom is -0.363 e. The predicted molar refractivity (Wildman–Crippen MR) is 83.0 cm³/mol. The molecule has 0 amide bonds. The minimum atomic E-state index is 0.475. The second kappa shape index (κ2) is 7.07. The van der Waals surface area contributed by atoms with E-state index in [1.54, 1.807) is 24.8 Å². The van der Waals surface area contributed by atoms with Crippen LogP contribution in [-0.4, -0.2) is 25.1 Å². The van der Waals surface area contributed by atoms with Crippen LogP contribution in [0.3, 0.4) is 0 Å². The molecule has 7 heteroatoms. The summed E-state index contributed by atoms with van der Waals surface area (Å²) in [5.74, 6) is 1.13. The molecule has 0 saturated heterocycles. The van der Waals surface area contributed by atoms with E-state index in [0.29, 0.717) is 24.9 Å². The molecule has 0 atom stereocenters. The first kappa shape index (κ1) is 13.9. The van der Waals surface area contributed by atoms with Gasteiger partial charge in [0.25, 0.3) is 0 Å². The Balaban J connectivity index is 1.58. The summed E-state index contributed by atoms with van der Waals surface area (Å²) in [5, 5.41) is 14.2. The van der Waals surface area contributed by atoms with Crippen molar-refractivity contribution >= 4 is 11.8 Å². The quantitative estimate of drug-likeness (QED) is 0.717. The molecule has 0 spiro atoms. The molecular formula is C15H15N7. The molecule has 0 radical (unpaired) electrons. The zero-order chi connectivity index (χ0) is 15.0. The molecule has 3 heterocycles. The van der Waals surface area contributed by atoms with Crippen molar-refractivity contribution in [2.45, 2.75) is 13.1 Å². The first-order valence-corrected chi connectivity index (χ1v) is 6.86. The Morgan fingerprint density at radius 2 is 1.82 bits per heavy atom. The highest BCUT2D eigenvalue weighted by Crippen LogP contribution is 2.07. The van der Waals surface area contributed by atoms with Gasteiger partial charge in [-0.15, -0.1) is 5.10 Å². The summed E-state index contributed by atoms with van der Waals surface area (Å²) in [6.07, 6.45) is 6.85. The highest BCUT2D eigenvalue weighted by atomic mass is 15.3. The molecule has 0 aliphatic carbocycles. The summed E-state index contributed by atoms with van der Waals surface area (Å²) in [7, 11) is 0. The maximum Gasteiger partial charge on any atom is 0.244 e. The van der Waals surface area contributed by atoms with E-state index in [1.807, 2.05) is 30.3 Å². The molecule has 0 fully saturated rings. The van der Waals surface area contributed by atoms with Gasteiger partial charge in [0.05, 0.1) is 18.4 Å². The molecule has 0 aliphatic heterocycles. The average Bonchev–Trinajstić information content (AvgIpc) is 2.60. The van der Waals surface area contributed by atoms with Crippen molar-refractivity contribution in [3.63, 3.8) is 0 Å². The Bertz CT molecular complexity index is 645. The van der Waals surface area contributed by atoms with Gasteiger partial charge in [0.1, 0.15) is 0 Å². The topological polar surface area (TPSA) is 88.5 Å². The molecule has 22 heavy (non-hydrogen) atoms. The Hall–Kier alpha value is -3.09. The van der Waals surface area contributed by atoms with Crippen LogP contribution in [-0.2, 0) is 13.1 Å². The van der Waals surface area contributed by atoms with Crippen molar-refractivity contribution in [1.29, 1.82) is 0 Å². The van der Waals surface area contributed by atoms with E-state index in [4.69, 9.17) is 0 Å². The lowest BCUT2D eigenvalue weighted by atomic mass is 10.3. The second-order valence-electron chi connectivity index (χ2n) is 4.55. The molecular weight excluding hydrogens is 278 g/mol. The highest BCUT2D eigenvalue weighted by molar-refractivity contribution is 5.37. The van der Waals surface area contributed by atoms with E-state index in [-0.39, 0.29) is 0 Å². The summed E-state index contributed by atoms with van der Waals surface area (Å²) < 4.78 is 0. The number of aromatic nitrogens is 5. The maximum absolute atomic E-state index is 4.36. The van der Waals surface area contributed by atoms with E-state index in [9.17, 15) is 0 Å².